The zero-order chi connectivity index (χ0) is 20.8. The monoisotopic (exact) mass is 400 g/mol. The molecule has 0 radical (unpaired) electrons. The SMILES string of the molecule is CC(C(=O)NC1CCCC1)N(Cc1ccccc1F)C(=O)Cc1ccccc1F. The Labute approximate surface area is 169 Å². The van der Waals surface area contributed by atoms with Crippen LogP contribution >= 0.6 is 0 Å². The van der Waals surface area contributed by atoms with Gasteiger partial charge in [-0.2, -0.15) is 0 Å². The Kier molecular flexibility index (Phi) is 6.96. The molecule has 1 aliphatic rings. The van der Waals surface area contributed by atoms with E-state index in [-0.39, 0.29) is 30.5 Å². The number of hydrogen-bond donors (Lipinski definition) is 1. The van der Waals surface area contributed by atoms with Gasteiger partial charge in [-0.25, -0.2) is 8.78 Å². The molecule has 4 nitrogen and oxygen atoms in total. The van der Waals surface area contributed by atoms with Crippen molar-refractivity contribution in [1.82, 2.24) is 10.2 Å². The molecule has 154 valence electrons. The van der Waals surface area contributed by atoms with E-state index in [4.69, 9.17) is 0 Å². The van der Waals surface area contributed by atoms with Crippen LogP contribution in [0.4, 0.5) is 8.78 Å². The third kappa shape index (κ3) is 5.40. The number of carbonyl (C=O) groups excluding carboxylic acids is 2. The molecule has 1 saturated carbocycles. The molecule has 0 bridgehead atoms. The number of carbonyl (C=O) groups is 2. The molecular weight excluding hydrogens is 374 g/mol. The Morgan fingerprint density at radius 1 is 1.00 bits per heavy atom. The quantitative estimate of drug-likeness (QED) is 0.764. The standard InChI is InChI=1S/C23H26F2N2O2/c1-16(23(29)26-19-10-4-5-11-19)27(15-18-9-3-7-13-21(18)25)22(28)14-17-8-2-6-12-20(17)24/h2-3,6-9,12-13,16,19H,4-5,10-11,14-15H2,1H3,(H,26,29). The maximum absolute atomic E-state index is 14.2. The van der Waals surface area contributed by atoms with Gasteiger partial charge < -0.3 is 10.2 Å². The predicted octanol–water partition coefficient (Wildman–Crippen LogP) is 3.98. The minimum atomic E-state index is -0.797. The highest BCUT2D eigenvalue weighted by Crippen LogP contribution is 2.19. The lowest BCUT2D eigenvalue weighted by Gasteiger charge is -2.30. The fraction of sp³-hybridized carbons (Fsp3) is 0.391. The molecule has 0 saturated heterocycles. The van der Waals surface area contributed by atoms with Gasteiger partial charge in [0.15, 0.2) is 0 Å². The zero-order valence-electron chi connectivity index (χ0n) is 16.5. The van der Waals surface area contributed by atoms with E-state index in [1.165, 1.54) is 23.1 Å². The number of nitrogens with one attached hydrogen (secondary N) is 1. The van der Waals surface area contributed by atoms with Gasteiger partial charge in [0.25, 0.3) is 0 Å². The highest BCUT2D eigenvalue weighted by atomic mass is 19.1. The summed E-state index contributed by atoms with van der Waals surface area (Å²) in [7, 11) is 0. The first-order chi connectivity index (χ1) is 14.0. The molecule has 1 fully saturated rings. The van der Waals surface area contributed by atoms with Crippen LogP contribution in [-0.4, -0.2) is 28.8 Å². The Balaban J connectivity index is 1.80. The fourth-order valence-electron chi connectivity index (χ4n) is 3.69. The summed E-state index contributed by atoms with van der Waals surface area (Å²) in [6.07, 6.45) is 3.81. The lowest BCUT2D eigenvalue weighted by Crippen LogP contribution is -2.50. The number of hydrogen-bond acceptors (Lipinski definition) is 2. The van der Waals surface area contributed by atoms with Crippen molar-refractivity contribution in [2.75, 3.05) is 0 Å². The smallest absolute Gasteiger partial charge is 0.242 e. The third-order valence-electron chi connectivity index (χ3n) is 5.47. The van der Waals surface area contributed by atoms with Crippen LogP contribution < -0.4 is 5.32 Å². The van der Waals surface area contributed by atoms with E-state index in [0.29, 0.717) is 5.56 Å². The summed E-state index contributed by atoms with van der Waals surface area (Å²) < 4.78 is 28.2. The Bertz CT molecular complexity index is 865. The predicted molar refractivity (Wildman–Crippen MR) is 107 cm³/mol. The highest BCUT2D eigenvalue weighted by Gasteiger charge is 2.29. The molecule has 3 rings (SSSR count). The number of rotatable bonds is 7. The number of benzene rings is 2. The van der Waals surface area contributed by atoms with Gasteiger partial charge in [0, 0.05) is 18.2 Å². The Hall–Kier alpha value is -2.76. The normalized spacial score (nSPS) is 15.1. The van der Waals surface area contributed by atoms with Crippen LogP contribution in [0.2, 0.25) is 0 Å². The van der Waals surface area contributed by atoms with Gasteiger partial charge in [-0.3, -0.25) is 9.59 Å². The van der Waals surface area contributed by atoms with Crippen LogP contribution in [0.15, 0.2) is 48.5 Å². The van der Waals surface area contributed by atoms with Crippen molar-refractivity contribution in [2.24, 2.45) is 0 Å². The van der Waals surface area contributed by atoms with Crippen LogP contribution in [0.25, 0.3) is 0 Å². The summed E-state index contributed by atoms with van der Waals surface area (Å²) in [6, 6.07) is 11.5. The molecule has 0 aliphatic heterocycles. The lowest BCUT2D eigenvalue weighted by atomic mass is 10.1. The van der Waals surface area contributed by atoms with E-state index >= 15 is 0 Å². The maximum atomic E-state index is 14.2. The van der Waals surface area contributed by atoms with E-state index in [1.54, 1.807) is 37.3 Å². The van der Waals surface area contributed by atoms with E-state index < -0.39 is 23.6 Å². The molecule has 0 spiro atoms. The van der Waals surface area contributed by atoms with Gasteiger partial charge >= 0.3 is 0 Å². The van der Waals surface area contributed by atoms with Gasteiger partial charge in [-0.1, -0.05) is 49.2 Å². The second kappa shape index (κ2) is 9.63. The van der Waals surface area contributed by atoms with Gasteiger partial charge in [0.2, 0.25) is 11.8 Å². The third-order valence-corrected chi connectivity index (χ3v) is 5.47. The first-order valence-electron chi connectivity index (χ1n) is 10.0. The zero-order valence-corrected chi connectivity index (χ0v) is 16.5. The van der Waals surface area contributed by atoms with Gasteiger partial charge in [0.05, 0.1) is 6.42 Å². The molecular formula is C23H26F2N2O2. The molecule has 2 aromatic carbocycles. The fourth-order valence-corrected chi connectivity index (χ4v) is 3.69. The van der Waals surface area contributed by atoms with Gasteiger partial charge in [-0.05, 0) is 37.5 Å². The van der Waals surface area contributed by atoms with E-state index in [9.17, 15) is 18.4 Å². The molecule has 0 heterocycles. The molecule has 2 amide bonds. The van der Waals surface area contributed by atoms with Crippen molar-refractivity contribution in [2.45, 2.75) is 57.7 Å². The second-order valence-corrected chi connectivity index (χ2v) is 7.55. The molecule has 1 unspecified atom stereocenters. The summed E-state index contributed by atoms with van der Waals surface area (Å²) in [5, 5.41) is 2.99. The average Bonchev–Trinajstić information content (AvgIpc) is 3.21. The van der Waals surface area contributed by atoms with Crippen LogP contribution in [0, 0.1) is 11.6 Å². The average molecular weight is 400 g/mol. The number of halogens is 2. The molecule has 1 atom stereocenters. The van der Waals surface area contributed by atoms with Crippen LogP contribution in [0.5, 0.6) is 0 Å². The van der Waals surface area contributed by atoms with Crippen molar-refractivity contribution in [1.29, 1.82) is 0 Å². The molecule has 29 heavy (non-hydrogen) atoms. The van der Waals surface area contributed by atoms with Crippen LogP contribution in [0.3, 0.4) is 0 Å². The Morgan fingerprint density at radius 2 is 1.55 bits per heavy atom. The molecule has 6 heteroatoms. The topological polar surface area (TPSA) is 49.4 Å². The Morgan fingerprint density at radius 3 is 2.14 bits per heavy atom. The van der Waals surface area contributed by atoms with Crippen LogP contribution in [0.1, 0.15) is 43.7 Å². The summed E-state index contributed by atoms with van der Waals surface area (Å²) in [5.41, 5.74) is 0.564. The maximum Gasteiger partial charge on any atom is 0.242 e. The second-order valence-electron chi connectivity index (χ2n) is 7.55. The number of nitrogens with zero attached hydrogens (tertiary/aromatic N) is 1. The molecule has 2 aromatic rings. The summed E-state index contributed by atoms with van der Waals surface area (Å²) in [4.78, 5) is 27.1. The van der Waals surface area contributed by atoms with Crippen molar-refractivity contribution in [3.63, 3.8) is 0 Å². The minimum absolute atomic E-state index is 0.0563. The number of amides is 2. The molecule has 1 aliphatic carbocycles. The van der Waals surface area contributed by atoms with E-state index in [2.05, 4.69) is 5.32 Å². The van der Waals surface area contributed by atoms with Gasteiger partial charge in [-0.15, -0.1) is 0 Å². The van der Waals surface area contributed by atoms with Gasteiger partial charge in [0.1, 0.15) is 17.7 Å². The molecule has 0 aromatic heterocycles. The summed E-state index contributed by atoms with van der Waals surface area (Å²) in [5.74, 6) is -1.61. The van der Waals surface area contributed by atoms with E-state index in [1.807, 2.05) is 0 Å². The van der Waals surface area contributed by atoms with E-state index in [0.717, 1.165) is 25.7 Å². The summed E-state index contributed by atoms with van der Waals surface area (Å²) >= 11 is 0. The highest BCUT2D eigenvalue weighted by molar-refractivity contribution is 5.88. The summed E-state index contributed by atoms with van der Waals surface area (Å²) in [6.45, 7) is 1.57. The minimum Gasteiger partial charge on any atom is -0.352 e. The first-order valence-corrected chi connectivity index (χ1v) is 10.0. The first kappa shape index (κ1) is 21.0. The lowest BCUT2D eigenvalue weighted by molar-refractivity contribution is -0.140. The largest absolute Gasteiger partial charge is 0.352 e. The molecule has 1 N–H and O–H groups in total. The van der Waals surface area contributed by atoms with Crippen LogP contribution in [-0.2, 0) is 22.6 Å². The van der Waals surface area contributed by atoms with Crippen molar-refractivity contribution < 1.29 is 18.4 Å². The van der Waals surface area contributed by atoms with Crippen molar-refractivity contribution in [3.8, 4) is 0 Å². The van der Waals surface area contributed by atoms with Crippen molar-refractivity contribution >= 4 is 11.8 Å². The van der Waals surface area contributed by atoms with Crippen molar-refractivity contribution in [3.05, 3.63) is 71.3 Å².